The fraction of sp³-hybridized carbons (Fsp3) is 0.824. The molecule has 2 unspecified atom stereocenters. The summed E-state index contributed by atoms with van der Waals surface area (Å²) >= 11 is 0. The van der Waals surface area contributed by atoms with Crippen LogP contribution in [0.5, 0.6) is 0 Å². The van der Waals surface area contributed by atoms with Crippen LogP contribution in [0.3, 0.4) is 0 Å². The van der Waals surface area contributed by atoms with Gasteiger partial charge in [-0.15, -0.1) is 0 Å². The van der Waals surface area contributed by atoms with E-state index in [1.54, 1.807) is 0 Å². The lowest BCUT2D eigenvalue weighted by atomic mass is 9.80. The molecule has 2 atom stereocenters. The molecular formula is C17H31N3. The summed E-state index contributed by atoms with van der Waals surface area (Å²) < 4.78 is 2.12. The molecule has 0 amide bonds. The highest BCUT2D eigenvalue weighted by Crippen LogP contribution is 2.31. The largest absolute Gasteiger partial charge is 0.314 e. The molecule has 1 saturated carbocycles. The number of hydrogen-bond acceptors (Lipinski definition) is 2. The Bertz CT molecular complexity index is 381. The molecule has 1 N–H and O–H groups in total. The first-order chi connectivity index (χ1) is 9.72. The summed E-state index contributed by atoms with van der Waals surface area (Å²) in [5, 5.41) is 8.48. The maximum atomic E-state index is 4.76. The first kappa shape index (κ1) is 15.6. The molecule has 114 valence electrons. The third-order valence-corrected chi connectivity index (χ3v) is 4.69. The van der Waals surface area contributed by atoms with Gasteiger partial charge in [0.2, 0.25) is 0 Å². The highest BCUT2D eigenvalue weighted by molar-refractivity contribution is 5.02. The van der Waals surface area contributed by atoms with Gasteiger partial charge in [0.05, 0.1) is 5.69 Å². The zero-order valence-electron chi connectivity index (χ0n) is 13.4. The Balaban J connectivity index is 1.89. The molecule has 20 heavy (non-hydrogen) atoms. The van der Waals surface area contributed by atoms with E-state index in [4.69, 9.17) is 5.10 Å². The molecule has 1 fully saturated rings. The maximum absolute atomic E-state index is 4.76. The fourth-order valence-corrected chi connectivity index (χ4v) is 2.89. The molecule has 1 aromatic heterocycles. The van der Waals surface area contributed by atoms with Crippen molar-refractivity contribution in [1.29, 1.82) is 0 Å². The second-order valence-corrected chi connectivity index (χ2v) is 6.43. The number of nitrogens with one attached hydrogen (secondary N) is 1. The minimum absolute atomic E-state index is 0.512. The molecule has 3 nitrogen and oxygen atoms in total. The third-order valence-electron chi connectivity index (χ3n) is 4.69. The molecule has 0 spiro atoms. The lowest BCUT2D eigenvalue weighted by Gasteiger charge is -2.30. The predicted octanol–water partition coefficient (Wildman–Crippen LogP) is 3.96. The van der Waals surface area contributed by atoms with Crippen molar-refractivity contribution < 1.29 is 0 Å². The molecule has 0 aromatic carbocycles. The Morgan fingerprint density at radius 3 is 2.80 bits per heavy atom. The van der Waals surface area contributed by atoms with Crippen molar-refractivity contribution >= 4 is 0 Å². The van der Waals surface area contributed by atoms with Crippen molar-refractivity contribution in [3.05, 3.63) is 18.0 Å². The van der Waals surface area contributed by atoms with Crippen LogP contribution >= 0.6 is 0 Å². The number of hydrogen-bond donors (Lipinski definition) is 1. The van der Waals surface area contributed by atoms with Crippen molar-refractivity contribution in [2.75, 3.05) is 6.54 Å². The normalized spacial score (nSPS) is 18.8. The molecule has 1 aliphatic carbocycles. The first-order valence-corrected chi connectivity index (χ1v) is 8.50. The molecule has 0 bridgehead atoms. The molecule has 2 rings (SSSR count). The average molecular weight is 277 g/mol. The standard InChI is InChI=1S/C17H31N3/c1-4-10-18-17(12-15-7-6-8-15)13-16-9-11-20(19-16)14(3)5-2/h9,11,14-15,17-18H,4-8,10,12-13H2,1-3H3. The van der Waals surface area contributed by atoms with E-state index in [-0.39, 0.29) is 0 Å². The van der Waals surface area contributed by atoms with Crippen LogP contribution in [0.15, 0.2) is 12.3 Å². The van der Waals surface area contributed by atoms with E-state index >= 15 is 0 Å². The SMILES string of the molecule is CCCNC(Cc1ccn(C(C)CC)n1)CC1CCC1. The summed E-state index contributed by atoms with van der Waals surface area (Å²) in [7, 11) is 0. The summed E-state index contributed by atoms with van der Waals surface area (Å²) in [6, 6.07) is 3.33. The lowest BCUT2D eigenvalue weighted by molar-refractivity contribution is 0.258. The predicted molar refractivity (Wildman–Crippen MR) is 85.0 cm³/mol. The van der Waals surface area contributed by atoms with E-state index in [0.717, 1.165) is 25.3 Å². The van der Waals surface area contributed by atoms with Crippen molar-refractivity contribution in [1.82, 2.24) is 15.1 Å². The van der Waals surface area contributed by atoms with Crippen LogP contribution in [0.4, 0.5) is 0 Å². The second kappa shape index (κ2) is 7.82. The van der Waals surface area contributed by atoms with Crippen molar-refractivity contribution in [2.45, 2.75) is 77.8 Å². The topological polar surface area (TPSA) is 29.9 Å². The van der Waals surface area contributed by atoms with Crippen LogP contribution in [0.25, 0.3) is 0 Å². The maximum Gasteiger partial charge on any atom is 0.0640 e. The van der Waals surface area contributed by atoms with Gasteiger partial charge in [-0.3, -0.25) is 4.68 Å². The highest BCUT2D eigenvalue weighted by Gasteiger charge is 2.22. The van der Waals surface area contributed by atoms with Crippen LogP contribution in [0.1, 0.15) is 71.0 Å². The van der Waals surface area contributed by atoms with Crippen molar-refractivity contribution in [3.63, 3.8) is 0 Å². The monoisotopic (exact) mass is 277 g/mol. The van der Waals surface area contributed by atoms with E-state index in [1.165, 1.54) is 37.8 Å². The zero-order valence-corrected chi connectivity index (χ0v) is 13.4. The summed E-state index contributed by atoms with van der Waals surface area (Å²) in [4.78, 5) is 0. The van der Waals surface area contributed by atoms with Gasteiger partial charge in [-0.05, 0) is 44.7 Å². The molecule has 3 heteroatoms. The molecule has 1 aromatic rings. The van der Waals surface area contributed by atoms with Crippen LogP contribution in [-0.2, 0) is 6.42 Å². The van der Waals surface area contributed by atoms with Crippen LogP contribution in [-0.4, -0.2) is 22.4 Å². The Hall–Kier alpha value is -0.830. The smallest absolute Gasteiger partial charge is 0.0640 e. The van der Waals surface area contributed by atoms with E-state index in [9.17, 15) is 0 Å². The summed E-state index contributed by atoms with van der Waals surface area (Å²) in [6.45, 7) is 7.82. The van der Waals surface area contributed by atoms with Gasteiger partial charge in [0.25, 0.3) is 0 Å². The molecular weight excluding hydrogens is 246 g/mol. The van der Waals surface area contributed by atoms with Crippen LogP contribution in [0.2, 0.25) is 0 Å². The Labute approximate surface area is 124 Å². The van der Waals surface area contributed by atoms with E-state index in [0.29, 0.717) is 12.1 Å². The first-order valence-electron chi connectivity index (χ1n) is 8.50. The fourth-order valence-electron chi connectivity index (χ4n) is 2.89. The molecule has 0 radical (unpaired) electrons. The quantitative estimate of drug-likeness (QED) is 0.740. The average Bonchev–Trinajstić information content (AvgIpc) is 2.87. The molecule has 1 heterocycles. The summed E-state index contributed by atoms with van der Waals surface area (Å²) in [5.74, 6) is 0.959. The van der Waals surface area contributed by atoms with Gasteiger partial charge >= 0.3 is 0 Å². The van der Waals surface area contributed by atoms with Crippen LogP contribution in [0, 0.1) is 5.92 Å². The van der Waals surface area contributed by atoms with Gasteiger partial charge in [-0.1, -0.05) is 33.1 Å². The van der Waals surface area contributed by atoms with Gasteiger partial charge in [0.15, 0.2) is 0 Å². The van der Waals surface area contributed by atoms with Gasteiger partial charge < -0.3 is 5.32 Å². The Kier molecular flexibility index (Phi) is 6.08. The molecule has 0 saturated heterocycles. The van der Waals surface area contributed by atoms with Gasteiger partial charge in [0.1, 0.15) is 0 Å². The van der Waals surface area contributed by atoms with E-state index in [2.05, 4.69) is 43.0 Å². The number of rotatable bonds is 9. The van der Waals surface area contributed by atoms with Gasteiger partial charge in [-0.2, -0.15) is 5.10 Å². The minimum atomic E-state index is 0.512. The van der Waals surface area contributed by atoms with E-state index < -0.39 is 0 Å². The Morgan fingerprint density at radius 1 is 1.40 bits per heavy atom. The zero-order chi connectivity index (χ0) is 14.4. The number of nitrogens with zero attached hydrogens (tertiary/aromatic N) is 2. The van der Waals surface area contributed by atoms with Gasteiger partial charge in [-0.25, -0.2) is 0 Å². The number of aromatic nitrogens is 2. The molecule has 1 aliphatic rings. The molecule has 0 aliphatic heterocycles. The van der Waals surface area contributed by atoms with Gasteiger partial charge in [0, 0.05) is 24.7 Å². The second-order valence-electron chi connectivity index (χ2n) is 6.43. The lowest BCUT2D eigenvalue weighted by Crippen LogP contribution is -2.35. The summed E-state index contributed by atoms with van der Waals surface area (Å²) in [5.41, 5.74) is 1.25. The Morgan fingerprint density at radius 2 is 2.20 bits per heavy atom. The van der Waals surface area contributed by atoms with E-state index in [1.807, 2.05) is 0 Å². The summed E-state index contributed by atoms with van der Waals surface area (Å²) in [6.07, 6.45) is 11.2. The minimum Gasteiger partial charge on any atom is -0.314 e. The third kappa shape index (κ3) is 4.34. The van der Waals surface area contributed by atoms with Crippen molar-refractivity contribution in [2.24, 2.45) is 5.92 Å². The van der Waals surface area contributed by atoms with Crippen molar-refractivity contribution in [3.8, 4) is 0 Å². The van der Waals surface area contributed by atoms with Crippen LogP contribution < -0.4 is 5.32 Å². The highest BCUT2D eigenvalue weighted by atomic mass is 15.3.